The lowest BCUT2D eigenvalue weighted by Crippen LogP contribution is -1.96. The number of rotatable bonds is 6. The molecule has 0 unspecified atom stereocenters. The largest absolute Gasteiger partial charge is 0.489 e. The quantitative estimate of drug-likeness (QED) is 0.194. The molecule has 0 aliphatic rings. The van der Waals surface area contributed by atoms with Crippen LogP contribution in [0.4, 0.5) is 5.69 Å². The molecule has 0 amide bonds. The zero-order valence-electron chi connectivity index (χ0n) is 15.0. The first kappa shape index (κ1) is 20.4. The van der Waals surface area contributed by atoms with Crippen LogP contribution < -0.4 is 4.74 Å². The number of halogens is 2. The van der Waals surface area contributed by atoms with Crippen LogP contribution in [0.25, 0.3) is 11.6 Å². The lowest BCUT2D eigenvalue weighted by molar-refractivity contribution is -0.384. The molecule has 5 nitrogen and oxygen atoms in total. The third kappa shape index (κ3) is 5.35. The van der Waals surface area contributed by atoms with Gasteiger partial charge < -0.3 is 4.74 Å². The Bertz CT molecular complexity index is 1120. The highest BCUT2D eigenvalue weighted by molar-refractivity contribution is 6.35. The minimum atomic E-state index is -0.489. The Balaban J connectivity index is 1.74. The van der Waals surface area contributed by atoms with E-state index < -0.39 is 4.92 Å². The number of hydrogen-bond acceptors (Lipinski definition) is 4. The molecule has 0 heterocycles. The van der Waals surface area contributed by atoms with E-state index in [2.05, 4.69) is 6.07 Å². The van der Waals surface area contributed by atoms with Crippen LogP contribution in [-0.2, 0) is 6.61 Å². The minimum Gasteiger partial charge on any atom is -0.489 e. The summed E-state index contributed by atoms with van der Waals surface area (Å²) in [7, 11) is 0. The van der Waals surface area contributed by atoms with Crippen molar-refractivity contribution in [2.24, 2.45) is 0 Å². The fourth-order valence-corrected chi connectivity index (χ4v) is 3.06. The van der Waals surface area contributed by atoms with E-state index in [-0.39, 0.29) is 5.69 Å². The summed E-state index contributed by atoms with van der Waals surface area (Å²) in [5.41, 5.74) is 2.34. The molecule has 0 aromatic heterocycles. The monoisotopic (exact) mass is 424 g/mol. The second-order valence-electron chi connectivity index (χ2n) is 6.07. The Morgan fingerprint density at radius 1 is 1.10 bits per heavy atom. The van der Waals surface area contributed by atoms with E-state index in [4.69, 9.17) is 27.9 Å². The van der Waals surface area contributed by atoms with Gasteiger partial charge in [-0.2, -0.15) is 5.26 Å². The first-order chi connectivity index (χ1) is 14.0. The second kappa shape index (κ2) is 9.24. The van der Waals surface area contributed by atoms with E-state index in [0.717, 1.165) is 11.1 Å². The van der Waals surface area contributed by atoms with Crippen molar-refractivity contribution in [1.29, 1.82) is 5.26 Å². The van der Waals surface area contributed by atoms with Crippen molar-refractivity contribution >= 4 is 40.5 Å². The zero-order valence-corrected chi connectivity index (χ0v) is 16.5. The number of nitro benzene ring substituents is 1. The summed E-state index contributed by atoms with van der Waals surface area (Å²) >= 11 is 12.0. The fraction of sp³-hybridized carbons (Fsp3) is 0.0455. The molecule has 7 heteroatoms. The molecule has 0 spiro atoms. The van der Waals surface area contributed by atoms with E-state index in [1.807, 2.05) is 0 Å². The van der Waals surface area contributed by atoms with Gasteiger partial charge in [-0.1, -0.05) is 53.5 Å². The Morgan fingerprint density at radius 2 is 1.86 bits per heavy atom. The third-order valence-corrected chi connectivity index (χ3v) is 4.68. The van der Waals surface area contributed by atoms with Gasteiger partial charge in [0.15, 0.2) is 0 Å². The van der Waals surface area contributed by atoms with Crippen molar-refractivity contribution in [2.75, 3.05) is 0 Å². The molecule has 0 aliphatic carbocycles. The molecule has 0 saturated carbocycles. The number of ether oxygens (including phenoxy) is 1. The summed E-state index contributed by atoms with van der Waals surface area (Å²) in [4.78, 5) is 10.4. The molecule has 0 radical (unpaired) electrons. The van der Waals surface area contributed by atoms with E-state index in [0.29, 0.717) is 33.5 Å². The van der Waals surface area contributed by atoms with Crippen LogP contribution >= 0.6 is 23.2 Å². The van der Waals surface area contributed by atoms with Crippen molar-refractivity contribution < 1.29 is 9.66 Å². The van der Waals surface area contributed by atoms with Gasteiger partial charge in [-0.05, 0) is 41.5 Å². The minimum absolute atomic E-state index is 0.0618. The molecule has 0 aliphatic heterocycles. The van der Waals surface area contributed by atoms with Crippen LogP contribution in [0, 0.1) is 21.4 Å². The molecule has 0 N–H and O–H groups in total. The van der Waals surface area contributed by atoms with Gasteiger partial charge in [-0.25, -0.2) is 0 Å². The molecule has 0 saturated heterocycles. The van der Waals surface area contributed by atoms with Crippen molar-refractivity contribution in [3.63, 3.8) is 0 Å². The SMILES string of the molecule is N#CC(=Cc1ccc(OCc2ccc(Cl)cc2Cl)cc1)c1cccc([N+](=O)[O-])c1. The van der Waals surface area contributed by atoms with Crippen LogP contribution in [-0.4, -0.2) is 4.92 Å². The highest BCUT2D eigenvalue weighted by Crippen LogP contribution is 2.25. The van der Waals surface area contributed by atoms with Crippen LogP contribution in [0.5, 0.6) is 5.75 Å². The number of allylic oxidation sites excluding steroid dienone is 1. The van der Waals surface area contributed by atoms with Crippen LogP contribution in [0.2, 0.25) is 10.0 Å². The van der Waals surface area contributed by atoms with Crippen LogP contribution in [0.1, 0.15) is 16.7 Å². The number of nitro groups is 1. The summed E-state index contributed by atoms with van der Waals surface area (Å²) in [6.07, 6.45) is 1.67. The van der Waals surface area contributed by atoms with E-state index in [1.54, 1.807) is 60.7 Å². The van der Waals surface area contributed by atoms with Gasteiger partial charge in [0.1, 0.15) is 12.4 Å². The van der Waals surface area contributed by atoms with Gasteiger partial charge >= 0.3 is 0 Å². The Morgan fingerprint density at radius 3 is 2.52 bits per heavy atom. The molecule has 3 aromatic rings. The molecule has 3 aromatic carbocycles. The number of nitrogens with zero attached hydrogens (tertiary/aromatic N) is 2. The maximum absolute atomic E-state index is 10.9. The summed E-state index contributed by atoms with van der Waals surface area (Å²) in [6, 6.07) is 20.4. The number of hydrogen-bond donors (Lipinski definition) is 0. The molecule has 29 heavy (non-hydrogen) atoms. The summed E-state index contributed by atoms with van der Waals surface area (Å²) in [5, 5.41) is 21.5. The van der Waals surface area contributed by atoms with Gasteiger partial charge in [-0.3, -0.25) is 10.1 Å². The predicted octanol–water partition coefficient (Wildman–Crippen LogP) is 6.54. The highest BCUT2D eigenvalue weighted by Gasteiger charge is 2.09. The van der Waals surface area contributed by atoms with Gasteiger partial charge in [0.05, 0.1) is 16.6 Å². The maximum atomic E-state index is 10.9. The number of nitriles is 1. The van der Waals surface area contributed by atoms with Gasteiger partial charge in [0, 0.05) is 27.7 Å². The summed E-state index contributed by atoms with van der Waals surface area (Å²) in [5.74, 6) is 0.641. The average molecular weight is 425 g/mol. The molecular weight excluding hydrogens is 411 g/mol. The molecule has 144 valence electrons. The molecular formula is C22H14Cl2N2O3. The van der Waals surface area contributed by atoms with E-state index >= 15 is 0 Å². The van der Waals surface area contributed by atoms with Gasteiger partial charge in [0.25, 0.3) is 5.69 Å². The topological polar surface area (TPSA) is 76.2 Å². The van der Waals surface area contributed by atoms with Crippen molar-refractivity contribution in [3.05, 3.63) is 104 Å². The smallest absolute Gasteiger partial charge is 0.270 e. The third-order valence-electron chi connectivity index (χ3n) is 4.09. The average Bonchev–Trinajstić information content (AvgIpc) is 2.72. The van der Waals surface area contributed by atoms with E-state index in [1.165, 1.54) is 12.1 Å². The normalized spacial score (nSPS) is 11.0. The Kier molecular flexibility index (Phi) is 6.50. The Hall–Kier alpha value is -3.33. The summed E-state index contributed by atoms with van der Waals surface area (Å²) in [6.45, 7) is 0.294. The summed E-state index contributed by atoms with van der Waals surface area (Å²) < 4.78 is 5.74. The molecule has 0 atom stereocenters. The van der Waals surface area contributed by atoms with Crippen molar-refractivity contribution in [2.45, 2.75) is 6.61 Å². The lowest BCUT2D eigenvalue weighted by atomic mass is 10.0. The first-order valence-corrected chi connectivity index (χ1v) is 9.25. The van der Waals surface area contributed by atoms with Crippen LogP contribution in [0.15, 0.2) is 66.7 Å². The van der Waals surface area contributed by atoms with Gasteiger partial charge in [0.2, 0.25) is 0 Å². The van der Waals surface area contributed by atoms with Crippen molar-refractivity contribution in [3.8, 4) is 11.8 Å². The highest BCUT2D eigenvalue weighted by atomic mass is 35.5. The first-order valence-electron chi connectivity index (χ1n) is 8.49. The van der Waals surface area contributed by atoms with Crippen molar-refractivity contribution in [1.82, 2.24) is 0 Å². The lowest BCUT2D eigenvalue weighted by Gasteiger charge is -2.08. The van der Waals surface area contributed by atoms with Gasteiger partial charge in [-0.15, -0.1) is 0 Å². The van der Waals surface area contributed by atoms with Crippen LogP contribution in [0.3, 0.4) is 0 Å². The molecule has 3 rings (SSSR count). The maximum Gasteiger partial charge on any atom is 0.270 e. The molecule has 0 fully saturated rings. The second-order valence-corrected chi connectivity index (χ2v) is 6.91. The standard InChI is InChI=1S/C22H14Cl2N2O3/c23-19-7-6-17(22(24)12-19)14-29-21-8-4-15(5-9-21)10-18(13-25)16-2-1-3-20(11-16)26(27)28/h1-12H,14H2. The molecule has 0 bridgehead atoms. The van der Waals surface area contributed by atoms with E-state index in [9.17, 15) is 15.4 Å². The number of non-ortho nitro benzene ring substituents is 1. The number of benzene rings is 3. The fourth-order valence-electron chi connectivity index (χ4n) is 2.59. The Labute approximate surface area is 177 Å². The zero-order chi connectivity index (χ0) is 20.8. The predicted molar refractivity (Wildman–Crippen MR) is 114 cm³/mol.